The van der Waals surface area contributed by atoms with Crippen LogP contribution in [0.4, 0.5) is 0 Å². The molecule has 0 radical (unpaired) electrons. The molecule has 0 spiro atoms. The molecule has 0 aromatic heterocycles. The van der Waals surface area contributed by atoms with Gasteiger partial charge in [-0.25, -0.2) is 8.81 Å². The number of carbonyl (C=O) groups excluding carboxylic acids is 1. The molecule has 1 amide bonds. The zero-order valence-corrected chi connectivity index (χ0v) is 12.8. The lowest BCUT2D eigenvalue weighted by Gasteiger charge is -2.17. The maximum Gasteiger partial charge on any atom is 0.326 e. The standard InChI is InChI=1S/C12H21BrN2O3/c1-7(2)5-9(15-13)11(16)14-10(12(17)18)6-8(3)4/h7-8,10H,5-6H2,1-4H3,(H,14,16)(H,17,18)/b15-9-/t10-/m0/s1. The van der Waals surface area contributed by atoms with Gasteiger partial charge in [-0.15, -0.1) is 0 Å². The van der Waals surface area contributed by atoms with E-state index in [1.807, 2.05) is 27.7 Å². The van der Waals surface area contributed by atoms with Crippen LogP contribution in [0.15, 0.2) is 4.02 Å². The van der Waals surface area contributed by atoms with Crippen molar-refractivity contribution in [2.24, 2.45) is 15.9 Å². The van der Waals surface area contributed by atoms with Gasteiger partial charge < -0.3 is 10.4 Å². The Kier molecular flexibility index (Phi) is 7.82. The number of carboxylic acid groups (broad SMARTS) is 1. The molecule has 0 fully saturated rings. The Morgan fingerprint density at radius 3 is 2.11 bits per heavy atom. The lowest BCUT2D eigenvalue weighted by atomic mass is 10.0. The van der Waals surface area contributed by atoms with E-state index in [4.69, 9.17) is 5.11 Å². The van der Waals surface area contributed by atoms with Crippen molar-refractivity contribution in [1.29, 1.82) is 0 Å². The zero-order valence-electron chi connectivity index (χ0n) is 11.2. The molecule has 0 aromatic rings. The average molecular weight is 321 g/mol. The molecule has 0 aliphatic carbocycles. The molecular formula is C12H21BrN2O3. The molecule has 0 unspecified atom stereocenters. The normalized spacial score (nSPS) is 13.8. The highest BCUT2D eigenvalue weighted by Gasteiger charge is 2.23. The molecule has 0 aliphatic heterocycles. The van der Waals surface area contributed by atoms with Crippen LogP contribution in [0.3, 0.4) is 0 Å². The number of amides is 1. The number of hydrogen-bond acceptors (Lipinski definition) is 3. The van der Waals surface area contributed by atoms with Crippen LogP contribution in [0.1, 0.15) is 40.5 Å². The summed E-state index contributed by atoms with van der Waals surface area (Å²) in [5.74, 6) is -0.967. The second-order valence-electron chi connectivity index (χ2n) is 5.12. The predicted octanol–water partition coefficient (Wildman–Crippen LogP) is 2.40. The molecule has 1 atom stereocenters. The largest absolute Gasteiger partial charge is 0.480 e. The van der Waals surface area contributed by atoms with Gasteiger partial charge in [-0.3, -0.25) is 4.79 Å². The number of halogens is 1. The summed E-state index contributed by atoms with van der Waals surface area (Å²) in [4.78, 5) is 22.9. The summed E-state index contributed by atoms with van der Waals surface area (Å²) in [5, 5.41) is 11.5. The van der Waals surface area contributed by atoms with Crippen LogP contribution in [0, 0.1) is 11.8 Å². The maximum absolute atomic E-state index is 11.9. The summed E-state index contributed by atoms with van der Waals surface area (Å²) in [7, 11) is 0. The first-order valence-corrected chi connectivity index (χ1v) is 6.70. The minimum atomic E-state index is -1.02. The molecular weight excluding hydrogens is 300 g/mol. The fourth-order valence-corrected chi connectivity index (χ4v) is 1.79. The average Bonchev–Trinajstić information content (AvgIpc) is 2.23. The summed E-state index contributed by atoms with van der Waals surface area (Å²) < 4.78 is 3.74. The van der Waals surface area contributed by atoms with Crippen molar-refractivity contribution in [3.8, 4) is 0 Å². The number of aliphatic carboxylic acids is 1. The Hall–Kier alpha value is -0.910. The van der Waals surface area contributed by atoms with Gasteiger partial charge in [-0.05, 0) is 24.7 Å². The van der Waals surface area contributed by atoms with Crippen molar-refractivity contribution in [2.45, 2.75) is 46.6 Å². The van der Waals surface area contributed by atoms with E-state index >= 15 is 0 Å². The van der Waals surface area contributed by atoms with Crippen molar-refractivity contribution in [2.75, 3.05) is 0 Å². The lowest BCUT2D eigenvalue weighted by Crippen LogP contribution is -2.44. The minimum absolute atomic E-state index is 0.195. The van der Waals surface area contributed by atoms with E-state index in [1.54, 1.807) is 0 Å². The van der Waals surface area contributed by atoms with Gasteiger partial charge in [0.25, 0.3) is 5.91 Å². The van der Waals surface area contributed by atoms with Crippen LogP contribution in [-0.2, 0) is 9.59 Å². The van der Waals surface area contributed by atoms with Crippen LogP contribution in [0.2, 0.25) is 0 Å². The Bertz CT molecular complexity index is 327. The van der Waals surface area contributed by atoms with E-state index < -0.39 is 17.9 Å². The molecule has 104 valence electrons. The molecule has 0 saturated carbocycles. The van der Waals surface area contributed by atoms with Crippen LogP contribution >= 0.6 is 16.1 Å². The van der Waals surface area contributed by atoms with Crippen molar-refractivity contribution in [3.63, 3.8) is 0 Å². The number of nitrogens with one attached hydrogen (secondary N) is 1. The van der Waals surface area contributed by atoms with Gasteiger partial charge >= 0.3 is 5.97 Å². The predicted molar refractivity (Wildman–Crippen MR) is 74.8 cm³/mol. The summed E-state index contributed by atoms with van der Waals surface area (Å²) >= 11 is 2.90. The highest BCUT2D eigenvalue weighted by molar-refractivity contribution is 9.08. The quantitative estimate of drug-likeness (QED) is 0.707. The van der Waals surface area contributed by atoms with Crippen LogP contribution in [-0.4, -0.2) is 28.7 Å². The number of carbonyl (C=O) groups is 2. The third kappa shape index (κ3) is 6.74. The molecule has 0 aliphatic rings. The molecule has 0 heterocycles. The Morgan fingerprint density at radius 2 is 1.78 bits per heavy atom. The van der Waals surface area contributed by atoms with Gasteiger partial charge in [0.1, 0.15) is 11.8 Å². The van der Waals surface area contributed by atoms with Gasteiger partial charge in [0.2, 0.25) is 0 Å². The minimum Gasteiger partial charge on any atom is -0.480 e. The molecule has 0 bridgehead atoms. The molecule has 0 saturated heterocycles. The van der Waals surface area contributed by atoms with E-state index in [-0.39, 0.29) is 11.8 Å². The molecule has 6 heteroatoms. The van der Waals surface area contributed by atoms with Crippen molar-refractivity contribution in [3.05, 3.63) is 0 Å². The third-order valence-electron chi connectivity index (χ3n) is 2.28. The van der Waals surface area contributed by atoms with E-state index in [0.717, 1.165) is 0 Å². The second-order valence-corrected chi connectivity index (χ2v) is 5.48. The van der Waals surface area contributed by atoms with Crippen molar-refractivity contribution in [1.82, 2.24) is 5.32 Å². The number of hydrogen-bond donors (Lipinski definition) is 2. The fourth-order valence-electron chi connectivity index (χ4n) is 1.49. The van der Waals surface area contributed by atoms with Crippen LogP contribution in [0.25, 0.3) is 0 Å². The van der Waals surface area contributed by atoms with E-state index in [2.05, 4.69) is 25.5 Å². The topological polar surface area (TPSA) is 78.8 Å². The van der Waals surface area contributed by atoms with Crippen LogP contribution < -0.4 is 5.32 Å². The number of rotatable bonds is 7. The monoisotopic (exact) mass is 320 g/mol. The maximum atomic E-state index is 11.9. The second kappa shape index (κ2) is 8.24. The highest BCUT2D eigenvalue weighted by atomic mass is 79.9. The molecule has 18 heavy (non-hydrogen) atoms. The summed E-state index contributed by atoms with van der Waals surface area (Å²) in [5.41, 5.74) is 0.319. The van der Waals surface area contributed by atoms with Gasteiger partial charge in [0, 0.05) is 0 Å². The highest BCUT2D eigenvalue weighted by Crippen LogP contribution is 2.08. The molecule has 2 N–H and O–H groups in total. The summed E-state index contributed by atoms with van der Waals surface area (Å²) in [6, 6.07) is -0.867. The first-order valence-electron chi connectivity index (χ1n) is 5.99. The number of carboxylic acids is 1. The lowest BCUT2D eigenvalue weighted by molar-refractivity contribution is -0.141. The Morgan fingerprint density at radius 1 is 1.22 bits per heavy atom. The number of nitrogens with zero attached hydrogens (tertiary/aromatic N) is 1. The van der Waals surface area contributed by atoms with Crippen molar-refractivity contribution >= 4 is 33.7 Å². The van der Waals surface area contributed by atoms with Gasteiger partial charge in [0.05, 0.1) is 16.1 Å². The first-order chi connectivity index (χ1) is 8.27. The third-order valence-corrected chi connectivity index (χ3v) is 2.70. The van der Waals surface area contributed by atoms with Gasteiger partial charge in [-0.1, -0.05) is 27.7 Å². The van der Waals surface area contributed by atoms with Gasteiger partial charge in [-0.2, -0.15) is 0 Å². The first kappa shape index (κ1) is 17.1. The zero-order chi connectivity index (χ0) is 14.3. The Balaban J connectivity index is 4.62. The van der Waals surface area contributed by atoms with Crippen molar-refractivity contribution < 1.29 is 14.7 Å². The van der Waals surface area contributed by atoms with Gasteiger partial charge in [0.15, 0.2) is 0 Å². The summed E-state index contributed by atoms with van der Waals surface area (Å²) in [6.45, 7) is 7.76. The van der Waals surface area contributed by atoms with E-state index in [0.29, 0.717) is 18.6 Å². The van der Waals surface area contributed by atoms with E-state index in [9.17, 15) is 9.59 Å². The fraction of sp³-hybridized carbons (Fsp3) is 0.750. The smallest absolute Gasteiger partial charge is 0.326 e. The Labute approximate surface area is 116 Å². The SMILES string of the molecule is CC(C)C/C(=N/Br)C(=O)N[C@@H](CC(C)C)C(=O)O. The van der Waals surface area contributed by atoms with E-state index in [1.165, 1.54) is 0 Å². The molecule has 5 nitrogen and oxygen atoms in total. The van der Waals surface area contributed by atoms with Crippen LogP contribution in [0.5, 0.6) is 0 Å². The molecule has 0 aromatic carbocycles. The summed E-state index contributed by atoms with van der Waals surface area (Å²) in [6.07, 6.45) is 0.906. The molecule has 0 rings (SSSR count).